The Balaban J connectivity index is 1.95. The monoisotopic (exact) mass is 433 g/mol. The minimum Gasteiger partial charge on any atom is -0.478 e. The molecule has 0 spiro atoms. The first-order valence-electron chi connectivity index (χ1n) is 12.0. The Morgan fingerprint density at radius 2 is 1.59 bits per heavy atom. The van der Waals surface area contributed by atoms with Crippen LogP contribution in [0, 0.1) is 0 Å². The van der Waals surface area contributed by atoms with Crippen LogP contribution in [0.15, 0.2) is 36.4 Å². The van der Waals surface area contributed by atoms with Gasteiger partial charge in [0.25, 0.3) is 0 Å². The highest BCUT2D eigenvalue weighted by Crippen LogP contribution is 2.46. The summed E-state index contributed by atoms with van der Waals surface area (Å²) in [6.45, 7) is 13.8. The van der Waals surface area contributed by atoms with Crippen LogP contribution in [0.2, 0.25) is 0 Å². The fourth-order valence-corrected chi connectivity index (χ4v) is 4.68. The van der Waals surface area contributed by atoms with Crippen LogP contribution in [0.4, 0.5) is 0 Å². The maximum Gasteiger partial charge on any atom is 0.335 e. The Hall–Kier alpha value is -2.39. The summed E-state index contributed by atoms with van der Waals surface area (Å²) >= 11 is 0. The lowest BCUT2D eigenvalue weighted by molar-refractivity contribution is 0.0697. The molecule has 172 valence electrons. The van der Waals surface area contributed by atoms with Crippen LogP contribution >= 0.6 is 0 Å². The molecule has 0 bridgehead atoms. The summed E-state index contributed by atoms with van der Waals surface area (Å²) in [5.74, 6) is -0.890. The number of benzene rings is 2. The van der Waals surface area contributed by atoms with Crippen molar-refractivity contribution in [2.24, 2.45) is 0 Å². The number of aryl methyl sites for hydroxylation is 1. The van der Waals surface area contributed by atoms with Crippen molar-refractivity contribution in [1.29, 1.82) is 0 Å². The van der Waals surface area contributed by atoms with Gasteiger partial charge in [0, 0.05) is 0 Å². The Morgan fingerprint density at radius 3 is 2.19 bits per heavy atom. The smallest absolute Gasteiger partial charge is 0.335 e. The molecule has 2 aromatic rings. The van der Waals surface area contributed by atoms with E-state index >= 15 is 0 Å². The molecule has 3 heteroatoms. The lowest BCUT2D eigenvalue weighted by Gasteiger charge is -2.42. The molecule has 1 aliphatic rings. The second-order valence-corrected chi connectivity index (χ2v) is 10.5. The first-order chi connectivity index (χ1) is 15.1. The van der Waals surface area contributed by atoms with Crippen molar-refractivity contribution < 1.29 is 9.90 Å². The lowest BCUT2D eigenvalue weighted by Crippen LogP contribution is -2.34. The number of carboxylic acids is 1. The Bertz CT molecular complexity index is 967. The van der Waals surface area contributed by atoms with E-state index in [4.69, 9.17) is 5.11 Å². The number of nitrogens with one attached hydrogen (secondary N) is 1. The van der Waals surface area contributed by atoms with Crippen molar-refractivity contribution in [3.8, 4) is 0 Å². The van der Waals surface area contributed by atoms with E-state index in [1.807, 2.05) is 12.1 Å². The van der Waals surface area contributed by atoms with Gasteiger partial charge in [-0.05, 0) is 96.0 Å². The Kier molecular flexibility index (Phi) is 7.61. The average Bonchev–Trinajstić information content (AvgIpc) is 2.75. The highest BCUT2D eigenvalue weighted by atomic mass is 16.4. The van der Waals surface area contributed by atoms with Gasteiger partial charge in [-0.3, -0.25) is 0 Å². The summed E-state index contributed by atoms with van der Waals surface area (Å²) in [6.07, 6.45) is 10.1. The normalized spacial score (nSPS) is 16.8. The van der Waals surface area contributed by atoms with Crippen LogP contribution < -0.4 is 5.32 Å². The summed E-state index contributed by atoms with van der Waals surface area (Å²) in [5, 5.41) is 12.7. The molecule has 0 aliphatic heterocycles. The zero-order valence-electron chi connectivity index (χ0n) is 20.4. The second-order valence-electron chi connectivity index (χ2n) is 10.5. The summed E-state index contributed by atoms with van der Waals surface area (Å²) in [6, 6.07) is 12.0. The molecule has 0 atom stereocenters. The topological polar surface area (TPSA) is 49.3 Å². The molecule has 0 heterocycles. The van der Waals surface area contributed by atoms with E-state index in [2.05, 4.69) is 64.2 Å². The molecule has 0 amide bonds. The zero-order chi connectivity index (χ0) is 23.4. The predicted octanol–water partition coefficient (Wildman–Crippen LogP) is 6.84. The van der Waals surface area contributed by atoms with E-state index in [0.717, 1.165) is 37.9 Å². The largest absolute Gasteiger partial charge is 0.478 e. The third kappa shape index (κ3) is 5.69. The van der Waals surface area contributed by atoms with Gasteiger partial charge >= 0.3 is 5.97 Å². The maximum absolute atomic E-state index is 11.1. The second kappa shape index (κ2) is 10.0. The van der Waals surface area contributed by atoms with Gasteiger partial charge in [0.15, 0.2) is 0 Å². The fourth-order valence-electron chi connectivity index (χ4n) is 4.68. The molecule has 0 radical (unpaired) electrons. The number of rotatable bonds is 9. The zero-order valence-corrected chi connectivity index (χ0v) is 20.4. The third-order valence-electron chi connectivity index (χ3n) is 6.95. The molecule has 1 aliphatic carbocycles. The van der Waals surface area contributed by atoms with Gasteiger partial charge in [-0.15, -0.1) is 0 Å². The number of fused-ring (bicyclic) bond motifs is 1. The molecule has 2 N–H and O–H groups in total. The highest BCUT2D eigenvalue weighted by Gasteiger charge is 2.37. The molecule has 32 heavy (non-hydrogen) atoms. The van der Waals surface area contributed by atoms with Crippen LogP contribution in [-0.4, -0.2) is 24.2 Å². The van der Waals surface area contributed by atoms with Crippen molar-refractivity contribution >= 4 is 18.1 Å². The number of aromatic carboxylic acids is 1. The number of hydrogen-bond donors (Lipinski definition) is 2. The van der Waals surface area contributed by atoms with Gasteiger partial charge in [-0.2, -0.15) is 0 Å². The molecular formula is C29H39NO2. The fraction of sp³-hybridized carbons (Fsp3) is 0.483. The standard InChI is InChI=1S/C29H39NO2/c1-6-17-30-18-7-8-23-19-25-26(29(4,5)16-15-28(25,2)3)20-24(23)14-11-21-9-12-22(13-10-21)27(31)32/h9-14,19-20,30H,6-8,15-18H2,1-5H3,(H,31,32). The summed E-state index contributed by atoms with van der Waals surface area (Å²) in [4.78, 5) is 11.1. The Labute approximate surface area is 194 Å². The minimum absolute atomic E-state index is 0.178. The van der Waals surface area contributed by atoms with Crippen molar-refractivity contribution in [3.05, 3.63) is 69.8 Å². The van der Waals surface area contributed by atoms with Crippen molar-refractivity contribution in [1.82, 2.24) is 5.32 Å². The van der Waals surface area contributed by atoms with Crippen molar-refractivity contribution in [2.45, 2.75) is 77.6 Å². The van der Waals surface area contributed by atoms with Gasteiger partial charge < -0.3 is 10.4 Å². The van der Waals surface area contributed by atoms with E-state index < -0.39 is 5.97 Å². The van der Waals surface area contributed by atoms with E-state index in [-0.39, 0.29) is 10.8 Å². The van der Waals surface area contributed by atoms with Gasteiger partial charge in [0.2, 0.25) is 0 Å². The molecule has 0 unspecified atom stereocenters. The first-order valence-corrected chi connectivity index (χ1v) is 12.0. The summed E-state index contributed by atoms with van der Waals surface area (Å²) < 4.78 is 0. The van der Waals surface area contributed by atoms with Crippen LogP contribution in [0.3, 0.4) is 0 Å². The molecule has 0 fully saturated rings. The van der Waals surface area contributed by atoms with E-state index in [9.17, 15) is 4.79 Å². The molecule has 2 aromatic carbocycles. The summed E-state index contributed by atoms with van der Waals surface area (Å²) in [7, 11) is 0. The molecule has 0 saturated carbocycles. The number of hydrogen-bond acceptors (Lipinski definition) is 2. The molecule has 3 nitrogen and oxygen atoms in total. The first kappa shape index (κ1) is 24.3. The molecule has 3 rings (SSSR count). The van der Waals surface area contributed by atoms with Gasteiger partial charge in [-0.1, -0.05) is 71.0 Å². The molecular weight excluding hydrogens is 394 g/mol. The van der Waals surface area contributed by atoms with Crippen molar-refractivity contribution in [2.75, 3.05) is 13.1 Å². The lowest BCUT2D eigenvalue weighted by atomic mass is 9.62. The third-order valence-corrected chi connectivity index (χ3v) is 6.95. The Morgan fingerprint density at radius 1 is 0.969 bits per heavy atom. The predicted molar refractivity (Wildman–Crippen MR) is 136 cm³/mol. The minimum atomic E-state index is -0.890. The van der Waals surface area contributed by atoms with Gasteiger partial charge in [0.1, 0.15) is 0 Å². The van der Waals surface area contributed by atoms with Crippen LogP contribution in [-0.2, 0) is 17.3 Å². The average molecular weight is 434 g/mol. The van der Waals surface area contributed by atoms with Crippen LogP contribution in [0.25, 0.3) is 12.2 Å². The van der Waals surface area contributed by atoms with E-state index in [0.29, 0.717) is 5.56 Å². The van der Waals surface area contributed by atoms with Gasteiger partial charge in [0.05, 0.1) is 5.56 Å². The highest BCUT2D eigenvalue weighted by molar-refractivity contribution is 5.88. The number of carbonyl (C=O) groups is 1. The summed E-state index contributed by atoms with van der Waals surface area (Å²) in [5.41, 5.74) is 7.39. The van der Waals surface area contributed by atoms with E-state index in [1.165, 1.54) is 35.1 Å². The quantitative estimate of drug-likeness (QED) is 0.336. The molecule has 0 aromatic heterocycles. The van der Waals surface area contributed by atoms with E-state index in [1.54, 1.807) is 12.1 Å². The number of carboxylic acid groups (broad SMARTS) is 1. The maximum atomic E-state index is 11.1. The van der Waals surface area contributed by atoms with Crippen LogP contribution in [0.5, 0.6) is 0 Å². The SMILES string of the molecule is CCCNCCCc1cc2c(cc1C=Cc1ccc(C(=O)O)cc1)C(C)(C)CCC2(C)C. The van der Waals surface area contributed by atoms with Crippen molar-refractivity contribution in [3.63, 3.8) is 0 Å². The van der Waals surface area contributed by atoms with Crippen LogP contribution in [0.1, 0.15) is 98.5 Å². The molecule has 0 saturated heterocycles. The van der Waals surface area contributed by atoms with Gasteiger partial charge in [-0.25, -0.2) is 4.79 Å².